The molecule has 4 rings (SSSR count). The first-order chi connectivity index (χ1) is 14.1. The second-order valence-electron chi connectivity index (χ2n) is 7.85. The van der Waals surface area contributed by atoms with Crippen molar-refractivity contribution >= 4 is 11.6 Å². The summed E-state index contributed by atoms with van der Waals surface area (Å²) >= 11 is 6.69. The molecule has 0 saturated heterocycles. The van der Waals surface area contributed by atoms with Gasteiger partial charge in [0.25, 0.3) is 0 Å². The summed E-state index contributed by atoms with van der Waals surface area (Å²) in [7, 11) is 2.05. The number of hydrogen-bond acceptors (Lipinski definition) is 2. The van der Waals surface area contributed by atoms with Crippen LogP contribution in [0.3, 0.4) is 0 Å². The summed E-state index contributed by atoms with van der Waals surface area (Å²) in [5, 5.41) is 12.0. The van der Waals surface area contributed by atoms with Gasteiger partial charge in [-0.25, -0.2) is 4.57 Å². The molecule has 2 atom stereocenters. The molecule has 0 fully saturated rings. The van der Waals surface area contributed by atoms with Crippen LogP contribution >= 0.6 is 11.6 Å². The van der Waals surface area contributed by atoms with Crippen LogP contribution in [0.25, 0.3) is 0 Å². The van der Waals surface area contributed by atoms with Gasteiger partial charge in [-0.05, 0) is 36.1 Å². The standard InChI is InChI=1S/C25H26ClNO2/c1-17-7-5-10-23(26)24(17)21(15-19-9-3-4-13-27(19)2)20-12-11-18-8-6-14-29-16-22(18)25(20)28/h3-10,12-13,18,21H,11,14-16H2,1-2H3/p+1. The van der Waals surface area contributed by atoms with E-state index in [1.54, 1.807) is 0 Å². The van der Waals surface area contributed by atoms with Crippen LogP contribution in [0.15, 0.2) is 77.7 Å². The number of ether oxygens (including phenoxy) is 1. The number of aryl methyl sites for hydroxylation is 2. The summed E-state index contributed by atoms with van der Waals surface area (Å²) in [6.45, 7) is 3.15. The quantitative estimate of drug-likeness (QED) is 0.561. The van der Waals surface area contributed by atoms with Crippen molar-refractivity contribution in [2.24, 2.45) is 13.0 Å². The van der Waals surface area contributed by atoms with Crippen molar-refractivity contribution in [3.63, 3.8) is 0 Å². The van der Waals surface area contributed by atoms with Gasteiger partial charge in [-0.1, -0.05) is 48.0 Å². The first kappa shape index (κ1) is 19.9. The molecule has 0 amide bonds. The van der Waals surface area contributed by atoms with Gasteiger partial charge in [-0.2, -0.15) is 0 Å². The molecule has 1 aromatic carbocycles. The fourth-order valence-corrected chi connectivity index (χ4v) is 4.78. The van der Waals surface area contributed by atoms with Crippen LogP contribution < -0.4 is 4.57 Å². The molecule has 1 aromatic heterocycles. The van der Waals surface area contributed by atoms with Crippen LogP contribution in [0.4, 0.5) is 0 Å². The van der Waals surface area contributed by atoms with E-state index in [-0.39, 0.29) is 11.8 Å². The minimum Gasteiger partial charge on any atom is -0.508 e. The van der Waals surface area contributed by atoms with E-state index in [2.05, 4.69) is 55.1 Å². The Balaban J connectivity index is 1.82. The van der Waals surface area contributed by atoms with Crippen LogP contribution in [0, 0.1) is 12.8 Å². The SMILES string of the molecule is Cc1cccc(Cl)c1C(Cc1cccc[n+]1C)C1=CCC2C=CCOCC2=C1O. The first-order valence-corrected chi connectivity index (χ1v) is 10.5. The first-order valence-electron chi connectivity index (χ1n) is 10.1. The summed E-state index contributed by atoms with van der Waals surface area (Å²) in [6.07, 6.45) is 10.1. The third-order valence-corrected chi connectivity index (χ3v) is 6.36. The monoisotopic (exact) mass is 408 g/mol. The molecule has 0 spiro atoms. The second kappa shape index (κ2) is 8.56. The number of halogens is 1. The minimum absolute atomic E-state index is 0.0296. The van der Waals surface area contributed by atoms with Crippen LogP contribution in [-0.4, -0.2) is 18.3 Å². The van der Waals surface area contributed by atoms with E-state index in [1.165, 1.54) is 5.69 Å². The normalized spacial score (nSPS) is 20.1. The van der Waals surface area contributed by atoms with Crippen molar-refractivity contribution in [2.75, 3.05) is 13.2 Å². The number of rotatable bonds is 4. The van der Waals surface area contributed by atoms with Gasteiger partial charge in [0.1, 0.15) is 12.8 Å². The highest BCUT2D eigenvalue weighted by Crippen LogP contribution is 2.42. The van der Waals surface area contributed by atoms with E-state index in [0.717, 1.165) is 40.1 Å². The number of allylic oxidation sites excluding steroid dienone is 3. The van der Waals surface area contributed by atoms with Gasteiger partial charge in [0, 0.05) is 41.0 Å². The lowest BCUT2D eigenvalue weighted by Gasteiger charge is -2.29. The van der Waals surface area contributed by atoms with Crippen molar-refractivity contribution in [1.29, 1.82) is 0 Å². The molecule has 2 aromatic rings. The van der Waals surface area contributed by atoms with Gasteiger partial charge in [-0.15, -0.1) is 0 Å². The number of hydrogen-bond donors (Lipinski definition) is 1. The van der Waals surface area contributed by atoms with Gasteiger partial charge < -0.3 is 9.84 Å². The van der Waals surface area contributed by atoms with Gasteiger partial charge in [0.15, 0.2) is 11.9 Å². The summed E-state index contributed by atoms with van der Waals surface area (Å²) in [5.41, 5.74) is 5.34. The maximum absolute atomic E-state index is 11.3. The molecule has 1 aliphatic heterocycles. The largest absolute Gasteiger partial charge is 0.508 e. The summed E-state index contributed by atoms with van der Waals surface area (Å²) in [4.78, 5) is 0. The second-order valence-corrected chi connectivity index (χ2v) is 8.26. The average Bonchev–Trinajstić information content (AvgIpc) is 2.95. The Morgan fingerprint density at radius 2 is 2.10 bits per heavy atom. The number of benzene rings is 1. The fraction of sp³-hybridized carbons (Fsp3) is 0.320. The smallest absolute Gasteiger partial charge is 0.182 e. The van der Waals surface area contributed by atoms with Crippen LogP contribution in [0.1, 0.15) is 29.2 Å². The molecular formula is C25H27ClNO2+. The Labute approximate surface area is 177 Å². The zero-order valence-corrected chi connectivity index (χ0v) is 17.7. The zero-order chi connectivity index (χ0) is 20.4. The molecule has 4 heteroatoms. The Morgan fingerprint density at radius 1 is 1.24 bits per heavy atom. The minimum atomic E-state index is -0.0296. The maximum Gasteiger partial charge on any atom is 0.182 e. The number of aliphatic hydroxyl groups excluding tert-OH is 1. The molecule has 3 nitrogen and oxygen atoms in total. The lowest BCUT2D eigenvalue weighted by molar-refractivity contribution is -0.679. The fourth-order valence-electron chi connectivity index (χ4n) is 4.42. The molecule has 1 aliphatic carbocycles. The van der Waals surface area contributed by atoms with Gasteiger partial charge in [0.05, 0.1) is 13.2 Å². The summed E-state index contributed by atoms with van der Waals surface area (Å²) < 4.78 is 7.82. The van der Waals surface area contributed by atoms with Crippen LogP contribution in [0.5, 0.6) is 0 Å². The highest BCUT2D eigenvalue weighted by Gasteiger charge is 2.32. The molecule has 0 bridgehead atoms. The predicted molar refractivity (Wildman–Crippen MR) is 116 cm³/mol. The summed E-state index contributed by atoms with van der Waals surface area (Å²) in [5.74, 6) is 0.552. The molecule has 1 N–H and O–H groups in total. The van der Waals surface area contributed by atoms with Gasteiger partial charge >= 0.3 is 0 Å². The van der Waals surface area contributed by atoms with E-state index in [1.807, 2.05) is 24.3 Å². The topological polar surface area (TPSA) is 33.3 Å². The maximum atomic E-state index is 11.3. The van der Waals surface area contributed by atoms with Crippen molar-refractivity contribution in [3.05, 3.63) is 99.6 Å². The number of aromatic nitrogens is 1. The third kappa shape index (κ3) is 4.03. The van der Waals surface area contributed by atoms with Crippen LogP contribution in [-0.2, 0) is 18.2 Å². The van der Waals surface area contributed by atoms with E-state index in [4.69, 9.17) is 16.3 Å². The van der Waals surface area contributed by atoms with E-state index >= 15 is 0 Å². The van der Waals surface area contributed by atoms with Crippen molar-refractivity contribution < 1.29 is 14.4 Å². The molecule has 2 aliphatic rings. The van der Waals surface area contributed by atoms with E-state index in [0.29, 0.717) is 19.0 Å². The molecule has 150 valence electrons. The van der Waals surface area contributed by atoms with Crippen molar-refractivity contribution in [3.8, 4) is 0 Å². The zero-order valence-electron chi connectivity index (χ0n) is 16.9. The van der Waals surface area contributed by atoms with E-state index in [9.17, 15) is 5.11 Å². The Morgan fingerprint density at radius 3 is 2.90 bits per heavy atom. The summed E-state index contributed by atoms with van der Waals surface area (Å²) in [6, 6.07) is 12.2. The number of pyridine rings is 1. The number of fused-ring (bicyclic) bond motifs is 1. The van der Waals surface area contributed by atoms with Crippen LogP contribution in [0.2, 0.25) is 5.02 Å². The molecule has 2 unspecified atom stereocenters. The lowest BCUT2D eigenvalue weighted by atomic mass is 9.77. The number of nitrogens with zero attached hydrogens (tertiary/aromatic N) is 1. The Hall–Kier alpha value is -2.36. The lowest BCUT2D eigenvalue weighted by Crippen LogP contribution is -2.34. The molecule has 29 heavy (non-hydrogen) atoms. The molecular weight excluding hydrogens is 382 g/mol. The van der Waals surface area contributed by atoms with Crippen molar-refractivity contribution in [1.82, 2.24) is 0 Å². The highest BCUT2D eigenvalue weighted by molar-refractivity contribution is 6.31. The molecule has 0 saturated carbocycles. The number of aliphatic hydroxyl groups is 1. The molecule has 0 radical (unpaired) electrons. The average molecular weight is 409 g/mol. The van der Waals surface area contributed by atoms with Gasteiger partial charge in [-0.3, -0.25) is 0 Å². The Kier molecular flexibility index (Phi) is 5.89. The van der Waals surface area contributed by atoms with Gasteiger partial charge in [0.2, 0.25) is 0 Å². The van der Waals surface area contributed by atoms with E-state index < -0.39 is 0 Å². The predicted octanol–water partition coefficient (Wildman–Crippen LogP) is 5.14. The molecule has 2 heterocycles. The highest BCUT2D eigenvalue weighted by atomic mass is 35.5. The Bertz CT molecular complexity index is 985. The third-order valence-electron chi connectivity index (χ3n) is 6.03. The van der Waals surface area contributed by atoms with Crippen molar-refractivity contribution in [2.45, 2.75) is 25.7 Å².